The summed E-state index contributed by atoms with van der Waals surface area (Å²) >= 11 is 0. The molecule has 0 spiro atoms. The summed E-state index contributed by atoms with van der Waals surface area (Å²) in [5.74, 6) is 0.925. The van der Waals surface area contributed by atoms with E-state index in [1.807, 2.05) is 36.8 Å². The van der Waals surface area contributed by atoms with Crippen molar-refractivity contribution < 1.29 is 0 Å². The molecular weight excluding hydrogens is 536 g/mol. The fourth-order valence-corrected chi connectivity index (χ4v) is 6.65. The highest BCUT2D eigenvalue weighted by Gasteiger charge is 2.16. The molecule has 4 heteroatoms. The summed E-state index contributed by atoms with van der Waals surface area (Å²) in [6.45, 7) is 0. The van der Waals surface area contributed by atoms with Gasteiger partial charge in [-0.25, -0.2) is 4.98 Å². The molecule has 9 aromatic rings. The van der Waals surface area contributed by atoms with Crippen molar-refractivity contribution >= 4 is 43.6 Å². The second kappa shape index (κ2) is 9.79. The third kappa shape index (κ3) is 3.78. The summed E-state index contributed by atoms with van der Waals surface area (Å²) in [6.07, 6.45) is 5.57. The van der Waals surface area contributed by atoms with E-state index in [4.69, 9.17) is 0 Å². The molecule has 0 aliphatic heterocycles. The molecule has 206 valence electrons. The molecular formula is C40H26N4. The highest BCUT2D eigenvalue weighted by Crippen LogP contribution is 2.38. The van der Waals surface area contributed by atoms with Crippen LogP contribution in [0.4, 0.5) is 0 Å². The largest absolute Gasteiger partial charge is 0.309 e. The van der Waals surface area contributed by atoms with E-state index in [2.05, 4.69) is 140 Å². The van der Waals surface area contributed by atoms with Crippen molar-refractivity contribution in [2.24, 2.45) is 0 Å². The van der Waals surface area contributed by atoms with E-state index in [1.165, 1.54) is 43.7 Å². The van der Waals surface area contributed by atoms with Gasteiger partial charge < -0.3 is 4.57 Å². The average molecular weight is 563 g/mol. The van der Waals surface area contributed by atoms with Crippen LogP contribution in [0.25, 0.3) is 77.4 Å². The third-order valence-corrected chi connectivity index (χ3v) is 8.68. The van der Waals surface area contributed by atoms with Crippen LogP contribution in [-0.4, -0.2) is 19.1 Å². The number of hydrogen-bond acceptors (Lipinski definition) is 2. The molecule has 0 radical (unpaired) electrons. The van der Waals surface area contributed by atoms with Crippen molar-refractivity contribution in [3.8, 4) is 33.8 Å². The molecule has 0 amide bonds. The van der Waals surface area contributed by atoms with Gasteiger partial charge in [-0.1, -0.05) is 72.8 Å². The third-order valence-electron chi connectivity index (χ3n) is 8.68. The van der Waals surface area contributed by atoms with Gasteiger partial charge in [-0.05, 0) is 89.0 Å². The number of pyridine rings is 2. The Kier molecular flexibility index (Phi) is 5.47. The van der Waals surface area contributed by atoms with Gasteiger partial charge in [-0.2, -0.15) is 0 Å². The molecule has 0 atom stereocenters. The van der Waals surface area contributed by atoms with E-state index in [1.54, 1.807) is 0 Å². The van der Waals surface area contributed by atoms with Crippen LogP contribution in [0.3, 0.4) is 0 Å². The Labute approximate surface area is 254 Å². The van der Waals surface area contributed by atoms with E-state index < -0.39 is 0 Å². The monoisotopic (exact) mass is 562 g/mol. The number of fused-ring (bicyclic) bond motifs is 6. The molecule has 0 unspecified atom stereocenters. The SMILES string of the molecule is c1ccc(-n2c3ccccc3c3cc(-c4ccc5c(c4)c4ccccc4n5-c4ccc(-c5cccnc5)cc4)ccc32)nc1. The maximum atomic E-state index is 4.67. The average Bonchev–Trinajstić information content (AvgIpc) is 3.61. The summed E-state index contributed by atoms with van der Waals surface area (Å²) < 4.78 is 4.62. The maximum Gasteiger partial charge on any atom is 0.137 e. The van der Waals surface area contributed by atoms with Gasteiger partial charge in [-0.3, -0.25) is 9.55 Å². The van der Waals surface area contributed by atoms with Crippen LogP contribution in [0.1, 0.15) is 0 Å². The molecule has 4 nitrogen and oxygen atoms in total. The van der Waals surface area contributed by atoms with Crippen molar-refractivity contribution in [3.05, 3.63) is 158 Å². The zero-order valence-corrected chi connectivity index (χ0v) is 23.8. The number of para-hydroxylation sites is 2. The summed E-state index contributed by atoms with van der Waals surface area (Å²) in [5, 5.41) is 4.93. The van der Waals surface area contributed by atoms with Gasteiger partial charge in [-0.15, -0.1) is 0 Å². The molecule has 9 rings (SSSR count). The van der Waals surface area contributed by atoms with Gasteiger partial charge in [0, 0.05) is 45.8 Å². The topological polar surface area (TPSA) is 35.6 Å². The summed E-state index contributed by atoms with van der Waals surface area (Å²) in [6, 6.07) is 49.8. The number of benzene rings is 5. The normalized spacial score (nSPS) is 11.6. The molecule has 0 aliphatic carbocycles. The minimum atomic E-state index is 0.925. The van der Waals surface area contributed by atoms with Gasteiger partial charge in [0.05, 0.1) is 22.1 Å². The Morgan fingerprint density at radius 1 is 0.386 bits per heavy atom. The van der Waals surface area contributed by atoms with Crippen molar-refractivity contribution in [2.45, 2.75) is 0 Å². The lowest BCUT2D eigenvalue weighted by Crippen LogP contribution is -1.96. The van der Waals surface area contributed by atoms with Crippen molar-refractivity contribution in [2.75, 3.05) is 0 Å². The minimum absolute atomic E-state index is 0.925. The Hall–Kier alpha value is -6.00. The van der Waals surface area contributed by atoms with Crippen LogP contribution >= 0.6 is 0 Å². The first-order valence-corrected chi connectivity index (χ1v) is 14.8. The lowest BCUT2D eigenvalue weighted by Gasteiger charge is -2.10. The lowest BCUT2D eigenvalue weighted by atomic mass is 10.0. The molecule has 5 aromatic carbocycles. The number of nitrogens with zero attached hydrogens (tertiary/aromatic N) is 4. The zero-order chi connectivity index (χ0) is 29.0. The quantitative estimate of drug-likeness (QED) is 0.214. The first-order chi connectivity index (χ1) is 21.8. The van der Waals surface area contributed by atoms with Crippen molar-refractivity contribution in [3.63, 3.8) is 0 Å². The summed E-state index contributed by atoms with van der Waals surface area (Å²) in [4.78, 5) is 8.96. The van der Waals surface area contributed by atoms with E-state index in [0.29, 0.717) is 0 Å². The van der Waals surface area contributed by atoms with Gasteiger partial charge in [0.1, 0.15) is 5.82 Å². The van der Waals surface area contributed by atoms with Crippen molar-refractivity contribution in [1.29, 1.82) is 0 Å². The highest BCUT2D eigenvalue weighted by molar-refractivity contribution is 6.12. The molecule has 0 fully saturated rings. The molecule has 0 aliphatic rings. The second-order valence-corrected chi connectivity index (χ2v) is 11.1. The Morgan fingerprint density at radius 3 is 1.61 bits per heavy atom. The van der Waals surface area contributed by atoms with E-state index >= 15 is 0 Å². The highest BCUT2D eigenvalue weighted by atomic mass is 15.1. The molecule has 0 saturated carbocycles. The van der Waals surface area contributed by atoms with Crippen LogP contribution in [0.15, 0.2) is 158 Å². The predicted octanol–water partition coefficient (Wildman–Crippen LogP) is 10.0. The van der Waals surface area contributed by atoms with Gasteiger partial charge in [0.25, 0.3) is 0 Å². The first kappa shape index (κ1) is 24.6. The molecule has 4 aromatic heterocycles. The van der Waals surface area contributed by atoms with E-state index in [9.17, 15) is 0 Å². The zero-order valence-electron chi connectivity index (χ0n) is 23.8. The van der Waals surface area contributed by atoms with Crippen LogP contribution in [0, 0.1) is 0 Å². The van der Waals surface area contributed by atoms with Gasteiger partial charge >= 0.3 is 0 Å². The van der Waals surface area contributed by atoms with E-state index in [-0.39, 0.29) is 0 Å². The molecule has 44 heavy (non-hydrogen) atoms. The Morgan fingerprint density at radius 2 is 0.977 bits per heavy atom. The van der Waals surface area contributed by atoms with Gasteiger partial charge in [0.2, 0.25) is 0 Å². The smallest absolute Gasteiger partial charge is 0.137 e. The molecule has 4 heterocycles. The number of rotatable bonds is 4. The minimum Gasteiger partial charge on any atom is -0.309 e. The van der Waals surface area contributed by atoms with Crippen LogP contribution in [0.2, 0.25) is 0 Å². The van der Waals surface area contributed by atoms with Crippen LogP contribution < -0.4 is 0 Å². The fourth-order valence-electron chi connectivity index (χ4n) is 6.65. The second-order valence-electron chi connectivity index (χ2n) is 11.1. The molecule has 0 N–H and O–H groups in total. The lowest BCUT2D eigenvalue weighted by molar-refractivity contribution is 1.08. The number of aromatic nitrogens is 4. The van der Waals surface area contributed by atoms with Crippen LogP contribution in [0.5, 0.6) is 0 Å². The van der Waals surface area contributed by atoms with E-state index in [0.717, 1.165) is 33.7 Å². The molecule has 0 saturated heterocycles. The van der Waals surface area contributed by atoms with Gasteiger partial charge in [0.15, 0.2) is 0 Å². The summed E-state index contributed by atoms with van der Waals surface area (Å²) in [5.41, 5.74) is 10.5. The number of hydrogen-bond donors (Lipinski definition) is 0. The van der Waals surface area contributed by atoms with Crippen molar-refractivity contribution in [1.82, 2.24) is 19.1 Å². The first-order valence-electron chi connectivity index (χ1n) is 14.8. The van der Waals surface area contributed by atoms with Crippen LogP contribution in [-0.2, 0) is 0 Å². The standard InChI is InChI=1S/C40H26N4/c1-3-11-36-32(9-1)34-24-28(16-20-38(34)43(36)31-18-14-27(15-19-31)30-8-7-22-41-26-30)29-17-21-39-35(25-29)33-10-2-4-12-37(33)44(39)40-13-5-6-23-42-40/h1-26H. The predicted molar refractivity (Wildman–Crippen MR) is 182 cm³/mol. The summed E-state index contributed by atoms with van der Waals surface area (Å²) in [7, 11) is 0. The molecule has 0 bridgehead atoms. The fraction of sp³-hybridized carbons (Fsp3) is 0. The maximum absolute atomic E-state index is 4.67. The Bertz CT molecular complexity index is 2470. The Balaban J connectivity index is 1.20.